The number of nitrogens with zero attached hydrogens (tertiary/aromatic N) is 5. The molecular weight excluding hydrogens is 823 g/mol. The molecular formula is C60H37N5O2. The Hall–Kier alpha value is -8.94. The summed E-state index contributed by atoms with van der Waals surface area (Å²) in [5, 5.41) is 6.29. The minimum atomic E-state index is -0.201. The number of hydrogen-bond acceptors (Lipinski definition) is 5. The van der Waals surface area contributed by atoms with Gasteiger partial charge in [0.2, 0.25) is 5.95 Å². The van der Waals surface area contributed by atoms with Gasteiger partial charge in [-0.15, -0.1) is 0 Å². The summed E-state index contributed by atoms with van der Waals surface area (Å²) in [6.07, 6.45) is 11.1. The number of aromatic nitrogens is 5. The van der Waals surface area contributed by atoms with Gasteiger partial charge in [0.25, 0.3) is 5.56 Å². The number of para-hydroxylation sites is 2. The minimum Gasteiger partial charge on any atom is -0.456 e. The first-order valence-corrected chi connectivity index (χ1v) is 22.7. The number of allylic oxidation sites excluding steroid dienone is 5. The van der Waals surface area contributed by atoms with Crippen molar-refractivity contribution >= 4 is 77.1 Å². The van der Waals surface area contributed by atoms with Gasteiger partial charge < -0.3 is 8.98 Å². The third kappa shape index (κ3) is 5.58. The van der Waals surface area contributed by atoms with Crippen molar-refractivity contribution in [1.29, 1.82) is 0 Å². The van der Waals surface area contributed by atoms with E-state index in [1.54, 1.807) is 0 Å². The average Bonchev–Trinajstić information content (AvgIpc) is 4.05. The molecule has 0 aliphatic heterocycles. The van der Waals surface area contributed by atoms with E-state index < -0.39 is 0 Å². The Labute approximate surface area is 383 Å². The monoisotopic (exact) mass is 859 g/mol. The predicted molar refractivity (Wildman–Crippen MR) is 272 cm³/mol. The summed E-state index contributed by atoms with van der Waals surface area (Å²) in [5.41, 5.74) is 11.3. The fourth-order valence-electron chi connectivity index (χ4n) is 10.9. The Kier molecular flexibility index (Phi) is 8.12. The maximum absolute atomic E-state index is 16.5. The standard InChI is InChI=1S/C60H37N5O2/c66-59-55-41(33-34-49-54(55)44-25-12-14-27-47(44)64(49)48-28-16-30-51-53(48)45-26-13-15-29-50(45)67-51)43-32-31-42-46(35-36-17-4-1-5-18-36)39-23-10-11-24-40(39)52(42)56(43)65(59)60-62-57(37-19-6-2-7-20-37)61-58(63-60)38-21-8-3-9-22-38/h1-35,39-40H/b46-35-. The SMILES string of the molecule is O=c1c2c(ccc3c2c2ccccc2n3-c2cccc3oc4ccccc4c23)c2ccc3c(c2n1-c1nc(-c2ccccc2)nc(-c2ccccc2)n1)C1C=CC=CC1/C3=C/c1ccccc1. The molecule has 14 rings (SSSR count). The molecule has 0 fully saturated rings. The van der Waals surface area contributed by atoms with E-state index in [0.29, 0.717) is 17.0 Å². The minimum absolute atomic E-state index is 0.0401. The quantitative estimate of drug-likeness (QED) is 0.161. The van der Waals surface area contributed by atoms with Gasteiger partial charge in [0.15, 0.2) is 11.6 Å². The topological polar surface area (TPSA) is 78.7 Å². The van der Waals surface area contributed by atoms with Gasteiger partial charge in [-0.05, 0) is 58.0 Å². The van der Waals surface area contributed by atoms with E-state index in [2.05, 4.69) is 120 Å². The van der Waals surface area contributed by atoms with Gasteiger partial charge in [0.05, 0.1) is 33.0 Å². The molecule has 0 radical (unpaired) electrons. The molecule has 2 aliphatic carbocycles. The summed E-state index contributed by atoms with van der Waals surface area (Å²) in [6.45, 7) is 0. The van der Waals surface area contributed by atoms with Crippen LogP contribution in [-0.2, 0) is 0 Å². The molecule has 4 aromatic heterocycles. The zero-order valence-corrected chi connectivity index (χ0v) is 35.9. The molecule has 2 unspecified atom stereocenters. The largest absolute Gasteiger partial charge is 0.456 e. The summed E-state index contributed by atoms with van der Waals surface area (Å²) in [6, 6.07) is 61.9. The second-order valence-electron chi connectivity index (χ2n) is 17.4. The van der Waals surface area contributed by atoms with Crippen LogP contribution in [0.4, 0.5) is 0 Å². The maximum atomic E-state index is 16.5. The molecule has 0 amide bonds. The van der Waals surface area contributed by atoms with Crippen molar-refractivity contribution in [3.63, 3.8) is 0 Å². The lowest BCUT2D eigenvalue weighted by molar-refractivity contribution is 0.669. The Morgan fingerprint density at radius 2 is 1.12 bits per heavy atom. The summed E-state index contributed by atoms with van der Waals surface area (Å²) in [5.74, 6) is 1.25. The van der Waals surface area contributed by atoms with Crippen LogP contribution in [0.5, 0.6) is 0 Å². The summed E-state index contributed by atoms with van der Waals surface area (Å²) < 4.78 is 10.5. The second-order valence-corrected chi connectivity index (χ2v) is 17.4. The van der Waals surface area contributed by atoms with Crippen molar-refractivity contribution in [2.24, 2.45) is 5.92 Å². The van der Waals surface area contributed by atoms with E-state index in [1.165, 1.54) is 5.57 Å². The normalized spacial score (nSPS) is 16.0. The van der Waals surface area contributed by atoms with Gasteiger partial charge in [-0.25, -0.2) is 9.55 Å². The number of pyridine rings is 1. The summed E-state index contributed by atoms with van der Waals surface area (Å²) >= 11 is 0. The Morgan fingerprint density at radius 1 is 0.478 bits per heavy atom. The van der Waals surface area contributed by atoms with Crippen LogP contribution in [-0.4, -0.2) is 24.1 Å². The fraction of sp³-hybridized carbons (Fsp3) is 0.0333. The highest BCUT2D eigenvalue weighted by molar-refractivity contribution is 6.26. The van der Waals surface area contributed by atoms with Gasteiger partial charge >= 0.3 is 0 Å². The van der Waals surface area contributed by atoms with Crippen molar-refractivity contribution < 1.29 is 4.42 Å². The molecule has 2 aliphatic rings. The van der Waals surface area contributed by atoms with E-state index in [-0.39, 0.29) is 23.3 Å². The van der Waals surface area contributed by atoms with Gasteiger partial charge in [0.1, 0.15) is 11.2 Å². The second kappa shape index (κ2) is 14.5. The molecule has 7 nitrogen and oxygen atoms in total. The smallest absolute Gasteiger partial charge is 0.266 e. The molecule has 8 aromatic carbocycles. The van der Waals surface area contributed by atoms with Gasteiger partial charge in [-0.1, -0.05) is 182 Å². The highest BCUT2D eigenvalue weighted by Crippen LogP contribution is 2.53. The van der Waals surface area contributed by atoms with Crippen LogP contribution in [0.25, 0.3) is 111 Å². The van der Waals surface area contributed by atoms with Gasteiger partial charge in [-0.3, -0.25) is 4.79 Å². The van der Waals surface area contributed by atoms with E-state index in [0.717, 1.165) is 93.5 Å². The van der Waals surface area contributed by atoms with Crippen LogP contribution in [0.3, 0.4) is 0 Å². The molecule has 7 heteroatoms. The van der Waals surface area contributed by atoms with Crippen molar-refractivity contribution in [2.75, 3.05) is 0 Å². The molecule has 0 N–H and O–H groups in total. The van der Waals surface area contributed by atoms with Crippen LogP contribution in [0, 0.1) is 5.92 Å². The van der Waals surface area contributed by atoms with Gasteiger partial charge in [0, 0.05) is 44.5 Å². The van der Waals surface area contributed by atoms with E-state index >= 15 is 4.79 Å². The Bertz CT molecular complexity index is 4120. The van der Waals surface area contributed by atoms with Gasteiger partial charge in [-0.2, -0.15) is 9.97 Å². The third-order valence-corrected chi connectivity index (χ3v) is 13.8. The molecule has 0 bridgehead atoms. The molecule has 314 valence electrons. The number of furan rings is 1. The average molecular weight is 860 g/mol. The van der Waals surface area contributed by atoms with Crippen molar-refractivity contribution in [1.82, 2.24) is 24.1 Å². The summed E-state index contributed by atoms with van der Waals surface area (Å²) in [7, 11) is 0. The zero-order valence-electron chi connectivity index (χ0n) is 35.9. The fourth-order valence-corrected chi connectivity index (χ4v) is 10.9. The third-order valence-electron chi connectivity index (χ3n) is 13.8. The maximum Gasteiger partial charge on any atom is 0.266 e. The highest BCUT2D eigenvalue weighted by Gasteiger charge is 2.38. The first-order chi connectivity index (χ1) is 33.2. The van der Waals surface area contributed by atoms with Crippen LogP contribution in [0.2, 0.25) is 0 Å². The molecule has 0 spiro atoms. The lowest BCUT2D eigenvalue weighted by atomic mass is 9.86. The number of benzene rings is 8. The first kappa shape index (κ1) is 37.4. The Balaban J connectivity index is 1.16. The number of rotatable bonds is 5. The zero-order chi connectivity index (χ0) is 44.2. The summed E-state index contributed by atoms with van der Waals surface area (Å²) in [4.78, 5) is 32.1. The predicted octanol–water partition coefficient (Wildman–Crippen LogP) is 14.0. The van der Waals surface area contributed by atoms with Crippen LogP contribution in [0.1, 0.15) is 22.6 Å². The number of hydrogen-bond donors (Lipinski definition) is 0. The number of fused-ring (bicyclic) bond motifs is 14. The molecule has 2 atom stereocenters. The first-order valence-electron chi connectivity index (χ1n) is 22.7. The van der Waals surface area contributed by atoms with Crippen LogP contribution >= 0.6 is 0 Å². The lowest BCUT2D eigenvalue weighted by Gasteiger charge is -2.21. The Morgan fingerprint density at radius 3 is 1.88 bits per heavy atom. The molecule has 12 aromatic rings. The molecule has 67 heavy (non-hydrogen) atoms. The van der Waals surface area contributed by atoms with E-state index in [4.69, 9.17) is 19.4 Å². The molecule has 0 saturated carbocycles. The van der Waals surface area contributed by atoms with Crippen molar-refractivity contribution in [3.8, 4) is 34.4 Å². The van der Waals surface area contributed by atoms with E-state index in [9.17, 15) is 0 Å². The highest BCUT2D eigenvalue weighted by atomic mass is 16.3. The van der Waals surface area contributed by atoms with Crippen molar-refractivity contribution in [3.05, 3.63) is 233 Å². The molecule has 0 saturated heterocycles. The van der Waals surface area contributed by atoms with E-state index in [1.807, 2.05) is 102 Å². The lowest BCUT2D eigenvalue weighted by Crippen LogP contribution is -2.24. The van der Waals surface area contributed by atoms with Crippen LogP contribution < -0.4 is 5.56 Å². The van der Waals surface area contributed by atoms with Crippen molar-refractivity contribution in [2.45, 2.75) is 5.92 Å². The van der Waals surface area contributed by atoms with Crippen LogP contribution in [0.15, 0.2) is 216 Å². The molecule has 4 heterocycles.